The Kier molecular flexibility index (Phi) is 2.75. The number of hydrogen-bond donors (Lipinski definition) is 1. The fourth-order valence-corrected chi connectivity index (χ4v) is 1.57. The summed E-state index contributed by atoms with van der Waals surface area (Å²) in [5.74, 6) is 0. The largest absolute Gasteiger partial charge is 0.391 e. The molecule has 0 saturated heterocycles. The minimum absolute atomic E-state index is 1.19. The Bertz CT molecular complexity index is 189. The number of allylic oxidation sites excluding steroid dienone is 3. The SMILES string of the molecule is C=C1CCCC/C1=C(\C)NC. The van der Waals surface area contributed by atoms with Gasteiger partial charge in [0.1, 0.15) is 0 Å². The van der Waals surface area contributed by atoms with Crippen LogP contribution in [0.3, 0.4) is 0 Å². The summed E-state index contributed by atoms with van der Waals surface area (Å²) in [6.07, 6.45) is 5.05. The van der Waals surface area contributed by atoms with Gasteiger partial charge in [-0.25, -0.2) is 0 Å². The van der Waals surface area contributed by atoms with Gasteiger partial charge in [-0.05, 0) is 38.2 Å². The van der Waals surface area contributed by atoms with Crippen LogP contribution >= 0.6 is 0 Å². The minimum Gasteiger partial charge on any atom is -0.391 e. The van der Waals surface area contributed by atoms with Crippen LogP contribution in [0.1, 0.15) is 32.6 Å². The molecule has 11 heavy (non-hydrogen) atoms. The predicted octanol–water partition coefficient (Wildman–Crippen LogP) is 2.61. The molecule has 0 aromatic carbocycles. The van der Waals surface area contributed by atoms with E-state index in [1.807, 2.05) is 7.05 Å². The van der Waals surface area contributed by atoms with E-state index in [0.717, 1.165) is 0 Å². The molecule has 0 radical (unpaired) electrons. The molecule has 0 aliphatic heterocycles. The molecule has 1 aliphatic rings. The van der Waals surface area contributed by atoms with E-state index in [1.165, 1.54) is 42.5 Å². The average Bonchev–Trinajstić information content (AvgIpc) is 2.04. The second kappa shape index (κ2) is 3.61. The fourth-order valence-electron chi connectivity index (χ4n) is 1.57. The van der Waals surface area contributed by atoms with Gasteiger partial charge in [0.05, 0.1) is 0 Å². The Hall–Kier alpha value is -0.720. The second-order valence-electron chi connectivity index (χ2n) is 3.16. The Balaban J connectivity index is 2.75. The molecule has 0 amide bonds. The Morgan fingerprint density at radius 2 is 2.00 bits per heavy atom. The highest BCUT2D eigenvalue weighted by Gasteiger charge is 2.11. The van der Waals surface area contributed by atoms with Crippen molar-refractivity contribution in [1.29, 1.82) is 0 Å². The van der Waals surface area contributed by atoms with Crippen LogP contribution in [0, 0.1) is 0 Å². The van der Waals surface area contributed by atoms with Crippen molar-refractivity contribution in [2.45, 2.75) is 32.6 Å². The third-order valence-corrected chi connectivity index (χ3v) is 2.41. The van der Waals surface area contributed by atoms with E-state index in [1.54, 1.807) is 0 Å². The number of hydrogen-bond acceptors (Lipinski definition) is 1. The molecule has 1 N–H and O–H groups in total. The van der Waals surface area contributed by atoms with Crippen molar-refractivity contribution in [3.63, 3.8) is 0 Å². The first-order chi connectivity index (χ1) is 5.25. The highest BCUT2D eigenvalue weighted by Crippen LogP contribution is 2.28. The summed E-state index contributed by atoms with van der Waals surface area (Å²) in [6.45, 7) is 6.20. The van der Waals surface area contributed by atoms with Crippen LogP contribution in [0.15, 0.2) is 23.4 Å². The molecule has 0 aromatic heterocycles. The molecular weight excluding hydrogens is 134 g/mol. The van der Waals surface area contributed by atoms with Crippen molar-refractivity contribution in [1.82, 2.24) is 5.32 Å². The summed E-state index contributed by atoms with van der Waals surface area (Å²) >= 11 is 0. The topological polar surface area (TPSA) is 12.0 Å². The first kappa shape index (κ1) is 8.38. The standard InChI is InChI=1S/C10H17N/c1-8-6-4-5-7-10(8)9(2)11-3/h11H,1,4-7H2,2-3H3/b10-9-. The summed E-state index contributed by atoms with van der Waals surface area (Å²) in [4.78, 5) is 0. The smallest absolute Gasteiger partial charge is 0.0107 e. The summed E-state index contributed by atoms with van der Waals surface area (Å²) in [5, 5.41) is 3.18. The van der Waals surface area contributed by atoms with Crippen LogP contribution < -0.4 is 5.32 Å². The van der Waals surface area contributed by atoms with Crippen LogP contribution in [-0.4, -0.2) is 7.05 Å². The maximum Gasteiger partial charge on any atom is 0.0107 e. The van der Waals surface area contributed by atoms with Gasteiger partial charge in [-0.1, -0.05) is 12.2 Å². The first-order valence-corrected chi connectivity index (χ1v) is 4.31. The number of rotatable bonds is 1. The predicted molar refractivity (Wildman–Crippen MR) is 49.4 cm³/mol. The molecule has 1 nitrogen and oxygen atoms in total. The molecule has 0 bridgehead atoms. The van der Waals surface area contributed by atoms with Crippen molar-refractivity contribution in [3.8, 4) is 0 Å². The van der Waals surface area contributed by atoms with E-state index in [9.17, 15) is 0 Å². The van der Waals surface area contributed by atoms with Crippen LogP contribution in [0.25, 0.3) is 0 Å². The van der Waals surface area contributed by atoms with Gasteiger partial charge in [-0.2, -0.15) is 0 Å². The summed E-state index contributed by atoms with van der Waals surface area (Å²) in [7, 11) is 1.98. The molecule has 1 heteroatoms. The quantitative estimate of drug-likeness (QED) is 0.607. The number of nitrogens with one attached hydrogen (secondary N) is 1. The lowest BCUT2D eigenvalue weighted by molar-refractivity contribution is 0.668. The molecule has 1 rings (SSSR count). The van der Waals surface area contributed by atoms with Crippen molar-refractivity contribution < 1.29 is 0 Å². The van der Waals surface area contributed by atoms with Gasteiger partial charge in [-0.15, -0.1) is 0 Å². The van der Waals surface area contributed by atoms with E-state index < -0.39 is 0 Å². The molecule has 62 valence electrons. The highest BCUT2D eigenvalue weighted by atomic mass is 14.8. The van der Waals surface area contributed by atoms with Gasteiger partial charge >= 0.3 is 0 Å². The third-order valence-electron chi connectivity index (χ3n) is 2.41. The van der Waals surface area contributed by atoms with E-state index >= 15 is 0 Å². The van der Waals surface area contributed by atoms with Gasteiger partial charge in [0.2, 0.25) is 0 Å². The third kappa shape index (κ3) is 1.86. The van der Waals surface area contributed by atoms with E-state index in [-0.39, 0.29) is 0 Å². The van der Waals surface area contributed by atoms with Gasteiger partial charge in [0.25, 0.3) is 0 Å². The highest BCUT2D eigenvalue weighted by molar-refractivity contribution is 5.33. The normalized spacial score (nSPS) is 23.3. The lowest BCUT2D eigenvalue weighted by Crippen LogP contribution is -2.09. The first-order valence-electron chi connectivity index (χ1n) is 4.31. The van der Waals surface area contributed by atoms with E-state index in [2.05, 4.69) is 18.8 Å². The summed E-state index contributed by atoms with van der Waals surface area (Å²) < 4.78 is 0. The summed E-state index contributed by atoms with van der Waals surface area (Å²) in [6, 6.07) is 0. The lowest BCUT2D eigenvalue weighted by Gasteiger charge is -2.19. The maximum atomic E-state index is 4.07. The molecule has 1 fully saturated rings. The van der Waals surface area contributed by atoms with Crippen molar-refractivity contribution in [3.05, 3.63) is 23.4 Å². The van der Waals surface area contributed by atoms with Crippen molar-refractivity contribution >= 4 is 0 Å². The zero-order chi connectivity index (χ0) is 8.27. The van der Waals surface area contributed by atoms with Crippen LogP contribution in [0.2, 0.25) is 0 Å². The average molecular weight is 151 g/mol. The molecule has 0 spiro atoms. The lowest BCUT2D eigenvalue weighted by atomic mass is 9.89. The fraction of sp³-hybridized carbons (Fsp3) is 0.600. The Morgan fingerprint density at radius 1 is 1.36 bits per heavy atom. The van der Waals surface area contributed by atoms with E-state index in [0.29, 0.717) is 0 Å². The molecule has 1 saturated carbocycles. The zero-order valence-electron chi connectivity index (χ0n) is 7.54. The molecular formula is C10H17N. The van der Waals surface area contributed by atoms with Gasteiger partial charge in [-0.3, -0.25) is 0 Å². The van der Waals surface area contributed by atoms with Crippen molar-refractivity contribution in [2.75, 3.05) is 7.05 Å². The van der Waals surface area contributed by atoms with Crippen LogP contribution in [0.5, 0.6) is 0 Å². The molecule has 0 aromatic rings. The second-order valence-corrected chi connectivity index (χ2v) is 3.16. The zero-order valence-corrected chi connectivity index (χ0v) is 7.54. The molecule has 1 aliphatic carbocycles. The Morgan fingerprint density at radius 3 is 2.55 bits per heavy atom. The van der Waals surface area contributed by atoms with Gasteiger partial charge in [0, 0.05) is 12.7 Å². The monoisotopic (exact) mass is 151 g/mol. The van der Waals surface area contributed by atoms with Gasteiger partial charge in [0.15, 0.2) is 0 Å². The molecule has 0 unspecified atom stereocenters. The molecule has 0 heterocycles. The van der Waals surface area contributed by atoms with Gasteiger partial charge < -0.3 is 5.32 Å². The molecule has 0 atom stereocenters. The van der Waals surface area contributed by atoms with Crippen LogP contribution in [-0.2, 0) is 0 Å². The van der Waals surface area contributed by atoms with E-state index in [4.69, 9.17) is 0 Å². The summed E-state index contributed by atoms with van der Waals surface area (Å²) in [5.41, 5.74) is 4.09. The Labute approximate surface area is 69.2 Å². The minimum atomic E-state index is 1.19. The van der Waals surface area contributed by atoms with Crippen molar-refractivity contribution in [2.24, 2.45) is 0 Å². The maximum absolute atomic E-state index is 4.07. The van der Waals surface area contributed by atoms with Crippen LogP contribution in [0.4, 0.5) is 0 Å².